The topological polar surface area (TPSA) is 58.6 Å². The van der Waals surface area contributed by atoms with Crippen LogP contribution in [0.4, 0.5) is 0 Å². The number of aryl methyl sites for hydroxylation is 1. The van der Waals surface area contributed by atoms with E-state index in [0.29, 0.717) is 11.4 Å². The van der Waals surface area contributed by atoms with Crippen LogP contribution in [0.1, 0.15) is 38.6 Å². The molecule has 1 atom stereocenters. The van der Waals surface area contributed by atoms with E-state index in [1.54, 1.807) is 13.2 Å². The average Bonchev–Trinajstić information content (AvgIpc) is 2.86. The molecule has 0 aliphatic rings. The first kappa shape index (κ1) is 15.5. The lowest BCUT2D eigenvalue weighted by Gasteiger charge is -2.15. The SMILES string of the molecule is COc1cccc([C@@H](C)NCc2cc(C(=O)O)sc2C)c1. The molecule has 0 saturated carbocycles. The van der Waals surface area contributed by atoms with E-state index in [-0.39, 0.29) is 6.04 Å². The maximum absolute atomic E-state index is 11.0. The Morgan fingerprint density at radius 1 is 1.43 bits per heavy atom. The summed E-state index contributed by atoms with van der Waals surface area (Å²) in [6.07, 6.45) is 0. The van der Waals surface area contributed by atoms with Gasteiger partial charge in [0.2, 0.25) is 0 Å². The fourth-order valence-corrected chi connectivity index (χ4v) is 2.97. The van der Waals surface area contributed by atoms with Crippen molar-refractivity contribution in [1.29, 1.82) is 0 Å². The number of carbonyl (C=O) groups is 1. The molecule has 112 valence electrons. The predicted octanol–water partition coefficient (Wildman–Crippen LogP) is 3.61. The molecule has 0 aliphatic heterocycles. The van der Waals surface area contributed by atoms with Crippen LogP contribution < -0.4 is 10.1 Å². The second-order valence-electron chi connectivity index (χ2n) is 4.88. The molecule has 0 bridgehead atoms. The number of nitrogens with one attached hydrogen (secondary N) is 1. The van der Waals surface area contributed by atoms with Crippen molar-refractivity contribution < 1.29 is 14.6 Å². The number of aromatic carboxylic acids is 1. The summed E-state index contributed by atoms with van der Waals surface area (Å²) in [6, 6.07) is 9.83. The average molecular weight is 305 g/mol. The largest absolute Gasteiger partial charge is 0.497 e. The van der Waals surface area contributed by atoms with Gasteiger partial charge in [0.15, 0.2) is 0 Å². The van der Waals surface area contributed by atoms with Crippen molar-refractivity contribution in [1.82, 2.24) is 5.32 Å². The second-order valence-corrected chi connectivity index (χ2v) is 6.13. The number of methoxy groups -OCH3 is 1. The fraction of sp³-hybridized carbons (Fsp3) is 0.312. The predicted molar refractivity (Wildman–Crippen MR) is 84.3 cm³/mol. The Bertz CT molecular complexity index is 636. The van der Waals surface area contributed by atoms with E-state index in [2.05, 4.69) is 12.2 Å². The number of rotatable bonds is 6. The summed E-state index contributed by atoms with van der Waals surface area (Å²) in [6.45, 7) is 4.67. The molecule has 2 rings (SSSR count). The van der Waals surface area contributed by atoms with Crippen LogP contribution in [-0.2, 0) is 6.54 Å². The first-order chi connectivity index (χ1) is 10.0. The normalized spacial score (nSPS) is 12.1. The van der Waals surface area contributed by atoms with Crippen molar-refractivity contribution in [3.8, 4) is 5.75 Å². The zero-order chi connectivity index (χ0) is 15.4. The van der Waals surface area contributed by atoms with Gasteiger partial charge in [-0.25, -0.2) is 4.79 Å². The van der Waals surface area contributed by atoms with Gasteiger partial charge in [0.05, 0.1) is 7.11 Å². The fourth-order valence-electron chi connectivity index (χ4n) is 2.09. The lowest BCUT2D eigenvalue weighted by molar-refractivity contribution is 0.0702. The highest BCUT2D eigenvalue weighted by Crippen LogP contribution is 2.23. The van der Waals surface area contributed by atoms with E-state index in [9.17, 15) is 4.79 Å². The molecule has 0 unspecified atom stereocenters. The van der Waals surface area contributed by atoms with Crippen LogP contribution in [0.15, 0.2) is 30.3 Å². The van der Waals surface area contributed by atoms with Gasteiger partial charge >= 0.3 is 5.97 Å². The molecule has 2 aromatic rings. The molecular weight excluding hydrogens is 286 g/mol. The molecule has 0 radical (unpaired) electrons. The lowest BCUT2D eigenvalue weighted by atomic mass is 10.1. The van der Waals surface area contributed by atoms with Crippen molar-refractivity contribution in [3.05, 3.63) is 51.2 Å². The van der Waals surface area contributed by atoms with E-state index in [1.165, 1.54) is 11.3 Å². The Morgan fingerprint density at radius 3 is 2.81 bits per heavy atom. The molecule has 0 amide bonds. The van der Waals surface area contributed by atoms with Crippen molar-refractivity contribution in [3.63, 3.8) is 0 Å². The Morgan fingerprint density at radius 2 is 2.19 bits per heavy atom. The number of hydrogen-bond acceptors (Lipinski definition) is 4. The zero-order valence-corrected chi connectivity index (χ0v) is 13.2. The summed E-state index contributed by atoms with van der Waals surface area (Å²) in [5, 5.41) is 12.4. The summed E-state index contributed by atoms with van der Waals surface area (Å²) in [5.41, 5.74) is 2.17. The summed E-state index contributed by atoms with van der Waals surface area (Å²) >= 11 is 1.32. The summed E-state index contributed by atoms with van der Waals surface area (Å²) < 4.78 is 5.23. The first-order valence-corrected chi connectivity index (χ1v) is 7.53. The summed E-state index contributed by atoms with van der Waals surface area (Å²) in [5.74, 6) is -0.0313. The van der Waals surface area contributed by atoms with Crippen molar-refractivity contribution in [2.75, 3.05) is 7.11 Å². The zero-order valence-electron chi connectivity index (χ0n) is 12.3. The third-order valence-electron chi connectivity index (χ3n) is 3.42. The molecule has 1 aromatic carbocycles. The highest BCUT2D eigenvalue weighted by molar-refractivity contribution is 7.14. The quantitative estimate of drug-likeness (QED) is 0.856. The summed E-state index contributed by atoms with van der Waals surface area (Å²) in [7, 11) is 1.65. The highest BCUT2D eigenvalue weighted by atomic mass is 32.1. The van der Waals surface area contributed by atoms with E-state index in [0.717, 1.165) is 21.8 Å². The standard InChI is InChI=1S/C16H19NO3S/c1-10(12-5-4-6-14(7-12)20-3)17-9-13-8-15(16(18)19)21-11(13)2/h4-8,10,17H,9H2,1-3H3,(H,18,19)/t10-/m1/s1. The minimum absolute atomic E-state index is 0.160. The van der Waals surface area contributed by atoms with Crippen LogP contribution in [0, 0.1) is 6.92 Å². The Labute approximate surface area is 128 Å². The molecule has 5 heteroatoms. The van der Waals surface area contributed by atoms with Gasteiger partial charge in [-0.1, -0.05) is 12.1 Å². The van der Waals surface area contributed by atoms with Gasteiger partial charge in [-0.15, -0.1) is 11.3 Å². The smallest absolute Gasteiger partial charge is 0.345 e. The Balaban J connectivity index is 2.03. The van der Waals surface area contributed by atoms with Gasteiger partial charge in [0.25, 0.3) is 0 Å². The molecule has 1 heterocycles. The molecule has 0 fully saturated rings. The lowest BCUT2D eigenvalue weighted by Crippen LogP contribution is -2.18. The van der Waals surface area contributed by atoms with Crippen molar-refractivity contribution in [2.24, 2.45) is 0 Å². The van der Waals surface area contributed by atoms with Gasteiger partial charge in [-0.3, -0.25) is 0 Å². The number of benzene rings is 1. The first-order valence-electron chi connectivity index (χ1n) is 6.71. The van der Waals surface area contributed by atoms with E-state index in [1.807, 2.05) is 31.2 Å². The van der Waals surface area contributed by atoms with E-state index < -0.39 is 5.97 Å². The van der Waals surface area contributed by atoms with Gasteiger partial charge in [-0.05, 0) is 43.2 Å². The molecule has 2 N–H and O–H groups in total. The van der Waals surface area contributed by atoms with E-state index in [4.69, 9.17) is 9.84 Å². The second kappa shape index (κ2) is 6.74. The number of ether oxygens (including phenoxy) is 1. The monoisotopic (exact) mass is 305 g/mol. The minimum atomic E-state index is -0.866. The molecule has 21 heavy (non-hydrogen) atoms. The number of hydrogen-bond donors (Lipinski definition) is 2. The van der Waals surface area contributed by atoms with Gasteiger partial charge < -0.3 is 15.2 Å². The molecule has 0 aliphatic carbocycles. The molecule has 1 aromatic heterocycles. The van der Waals surface area contributed by atoms with Crippen LogP contribution in [0.3, 0.4) is 0 Å². The van der Waals surface area contributed by atoms with E-state index >= 15 is 0 Å². The van der Waals surface area contributed by atoms with Gasteiger partial charge in [0, 0.05) is 17.5 Å². The molecule has 4 nitrogen and oxygen atoms in total. The Kier molecular flexibility index (Phi) is 4.98. The highest BCUT2D eigenvalue weighted by Gasteiger charge is 2.12. The third-order valence-corrected chi connectivity index (χ3v) is 4.50. The number of thiophene rings is 1. The molecular formula is C16H19NO3S. The van der Waals surface area contributed by atoms with Crippen LogP contribution in [0.2, 0.25) is 0 Å². The van der Waals surface area contributed by atoms with Gasteiger partial charge in [0.1, 0.15) is 10.6 Å². The van der Waals surface area contributed by atoms with Gasteiger partial charge in [-0.2, -0.15) is 0 Å². The maximum atomic E-state index is 11.0. The maximum Gasteiger partial charge on any atom is 0.345 e. The molecule has 0 spiro atoms. The number of carboxylic acid groups (broad SMARTS) is 1. The molecule has 0 saturated heterocycles. The number of carboxylic acids is 1. The van der Waals surface area contributed by atoms with Crippen molar-refractivity contribution in [2.45, 2.75) is 26.4 Å². The summed E-state index contributed by atoms with van der Waals surface area (Å²) in [4.78, 5) is 12.4. The van der Waals surface area contributed by atoms with Crippen LogP contribution >= 0.6 is 11.3 Å². The Hall–Kier alpha value is -1.85. The minimum Gasteiger partial charge on any atom is -0.497 e. The van der Waals surface area contributed by atoms with Crippen LogP contribution in [0.25, 0.3) is 0 Å². The third kappa shape index (κ3) is 3.83. The van der Waals surface area contributed by atoms with Crippen molar-refractivity contribution >= 4 is 17.3 Å². The van der Waals surface area contributed by atoms with Crippen LogP contribution in [-0.4, -0.2) is 18.2 Å². The van der Waals surface area contributed by atoms with Crippen LogP contribution in [0.5, 0.6) is 5.75 Å².